The summed E-state index contributed by atoms with van der Waals surface area (Å²) >= 11 is 0. The normalized spacial score (nSPS) is 29.7. The van der Waals surface area contributed by atoms with Crippen LogP contribution in [0.15, 0.2) is 30.3 Å². The summed E-state index contributed by atoms with van der Waals surface area (Å²) in [5, 5.41) is 16.5. The standard InChI is InChI=1S/C17H26N2O2/c1-13(20)19-12-17(14-6-4-3-5-7-14)10-8-15(18-2)16(21)9-11-17/h3-7,15-16,18,21H,8-12H2,1-2H3,(H,19,20)/t15-,16-,17+/m0/s1. The molecule has 3 atom stereocenters. The highest BCUT2D eigenvalue weighted by Crippen LogP contribution is 2.38. The second kappa shape index (κ2) is 7.05. The Bertz CT molecular complexity index is 463. The molecule has 0 heterocycles. The number of benzene rings is 1. The average Bonchev–Trinajstić information content (AvgIpc) is 2.66. The summed E-state index contributed by atoms with van der Waals surface area (Å²) in [5.41, 5.74) is 1.17. The maximum Gasteiger partial charge on any atom is 0.216 e. The second-order valence-electron chi connectivity index (χ2n) is 6.10. The van der Waals surface area contributed by atoms with Crippen LogP contribution in [-0.2, 0) is 10.2 Å². The first-order valence-corrected chi connectivity index (χ1v) is 7.73. The van der Waals surface area contributed by atoms with Crippen molar-refractivity contribution in [3.63, 3.8) is 0 Å². The Hall–Kier alpha value is -1.39. The van der Waals surface area contributed by atoms with Gasteiger partial charge in [0.25, 0.3) is 0 Å². The molecule has 1 aliphatic carbocycles. The van der Waals surface area contributed by atoms with Crippen molar-refractivity contribution in [2.24, 2.45) is 0 Å². The third kappa shape index (κ3) is 3.83. The molecular formula is C17H26N2O2. The highest BCUT2D eigenvalue weighted by molar-refractivity contribution is 5.73. The summed E-state index contributed by atoms with van der Waals surface area (Å²) in [7, 11) is 1.90. The van der Waals surface area contributed by atoms with Gasteiger partial charge in [0.05, 0.1) is 6.10 Å². The van der Waals surface area contributed by atoms with Gasteiger partial charge in [-0.1, -0.05) is 30.3 Å². The molecule has 1 aromatic carbocycles. The van der Waals surface area contributed by atoms with E-state index in [0.29, 0.717) is 6.54 Å². The highest BCUT2D eigenvalue weighted by atomic mass is 16.3. The van der Waals surface area contributed by atoms with E-state index in [2.05, 4.69) is 22.8 Å². The Balaban J connectivity index is 2.26. The Morgan fingerprint density at radius 3 is 2.57 bits per heavy atom. The fourth-order valence-electron chi connectivity index (χ4n) is 3.36. The van der Waals surface area contributed by atoms with Crippen LogP contribution in [-0.4, -0.2) is 36.8 Å². The fourth-order valence-corrected chi connectivity index (χ4v) is 3.36. The zero-order chi connectivity index (χ0) is 15.3. The van der Waals surface area contributed by atoms with E-state index < -0.39 is 0 Å². The zero-order valence-electron chi connectivity index (χ0n) is 12.9. The Labute approximate surface area is 126 Å². The minimum absolute atomic E-state index is 0.000248. The number of aliphatic hydroxyl groups excluding tert-OH is 1. The van der Waals surface area contributed by atoms with Gasteiger partial charge in [0.2, 0.25) is 5.91 Å². The fraction of sp³-hybridized carbons (Fsp3) is 0.588. The van der Waals surface area contributed by atoms with Gasteiger partial charge in [-0.15, -0.1) is 0 Å². The number of likely N-dealkylation sites (N-methyl/N-ethyl adjacent to an activating group) is 1. The molecular weight excluding hydrogens is 264 g/mol. The predicted octanol–water partition coefficient (Wildman–Crippen LogP) is 1.58. The van der Waals surface area contributed by atoms with Crippen molar-refractivity contribution in [2.75, 3.05) is 13.6 Å². The lowest BCUT2D eigenvalue weighted by molar-refractivity contribution is -0.119. The van der Waals surface area contributed by atoms with Crippen LogP contribution in [0, 0.1) is 0 Å². The monoisotopic (exact) mass is 290 g/mol. The number of carbonyl (C=O) groups is 1. The van der Waals surface area contributed by atoms with Crippen molar-refractivity contribution in [1.82, 2.24) is 10.6 Å². The van der Waals surface area contributed by atoms with Gasteiger partial charge < -0.3 is 15.7 Å². The quantitative estimate of drug-likeness (QED) is 0.738. The SMILES string of the molecule is CN[C@H]1CC[C@@](CNC(C)=O)(c2ccccc2)CC[C@@H]1O. The predicted molar refractivity (Wildman–Crippen MR) is 84.1 cm³/mol. The topological polar surface area (TPSA) is 61.4 Å². The Kier molecular flexibility index (Phi) is 5.37. The molecule has 0 bridgehead atoms. The van der Waals surface area contributed by atoms with Crippen LogP contribution in [0.25, 0.3) is 0 Å². The largest absolute Gasteiger partial charge is 0.392 e. The summed E-state index contributed by atoms with van der Waals surface area (Å²) < 4.78 is 0. The van der Waals surface area contributed by atoms with Gasteiger partial charge in [0.1, 0.15) is 0 Å². The third-order valence-electron chi connectivity index (χ3n) is 4.75. The molecule has 1 amide bonds. The van der Waals surface area contributed by atoms with E-state index in [4.69, 9.17) is 0 Å². The number of amides is 1. The van der Waals surface area contributed by atoms with Crippen LogP contribution in [0.1, 0.15) is 38.2 Å². The lowest BCUT2D eigenvalue weighted by atomic mass is 9.74. The molecule has 1 fully saturated rings. The third-order valence-corrected chi connectivity index (χ3v) is 4.75. The van der Waals surface area contributed by atoms with E-state index in [-0.39, 0.29) is 23.5 Å². The molecule has 1 aliphatic rings. The van der Waals surface area contributed by atoms with Crippen LogP contribution >= 0.6 is 0 Å². The van der Waals surface area contributed by atoms with Crippen molar-refractivity contribution in [1.29, 1.82) is 0 Å². The summed E-state index contributed by atoms with van der Waals surface area (Å²) in [6, 6.07) is 10.5. The van der Waals surface area contributed by atoms with Crippen LogP contribution in [0.3, 0.4) is 0 Å². The van der Waals surface area contributed by atoms with Gasteiger partial charge >= 0.3 is 0 Å². The van der Waals surface area contributed by atoms with Crippen LogP contribution in [0.2, 0.25) is 0 Å². The maximum absolute atomic E-state index is 11.4. The van der Waals surface area contributed by atoms with Crippen LogP contribution in [0.4, 0.5) is 0 Å². The van der Waals surface area contributed by atoms with Crippen molar-refractivity contribution in [3.05, 3.63) is 35.9 Å². The van der Waals surface area contributed by atoms with E-state index in [1.54, 1.807) is 6.92 Å². The molecule has 21 heavy (non-hydrogen) atoms. The minimum atomic E-state index is -0.321. The van der Waals surface area contributed by atoms with Crippen molar-refractivity contribution >= 4 is 5.91 Å². The number of hydrogen-bond donors (Lipinski definition) is 3. The minimum Gasteiger partial charge on any atom is -0.392 e. The second-order valence-corrected chi connectivity index (χ2v) is 6.10. The first kappa shape index (κ1) is 16.0. The molecule has 4 heteroatoms. The zero-order valence-corrected chi connectivity index (χ0v) is 12.9. The summed E-state index contributed by atoms with van der Waals surface area (Å²) in [5.74, 6) is 0.000248. The van der Waals surface area contributed by atoms with Gasteiger partial charge in [-0.2, -0.15) is 0 Å². The first-order chi connectivity index (χ1) is 10.1. The molecule has 0 spiro atoms. The Morgan fingerprint density at radius 2 is 1.95 bits per heavy atom. The van der Waals surface area contributed by atoms with Crippen LogP contribution in [0.5, 0.6) is 0 Å². The van der Waals surface area contributed by atoms with E-state index in [9.17, 15) is 9.90 Å². The number of hydrogen-bond acceptors (Lipinski definition) is 3. The number of rotatable bonds is 4. The molecule has 1 saturated carbocycles. The van der Waals surface area contributed by atoms with Gasteiger partial charge in [0, 0.05) is 24.9 Å². The van der Waals surface area contributed by atoms with Crippen molar-refractivity contribution < 1.29 is 9.90 Å². The van der Waals surface area contributed by atoms with Gasteiger partial charge in [0.15, 0.2) is 0 Å². The average molecular weight is 290 g/mol. The van der Waals surface area contributed by atoms with Gasteiger partial charge in [-0.25, -0.2) is 0 Å². The molecule has 4 nitrogen and oxygen atoms in total. The van der Waals surface area contributed by atoms with E-state index >= 15 is 0 Å². The summed E-state index contributed by atoms with van der Waals surface area (Å²) in [4.78, 5) is 11.4. The van der Waals surface area contributed by atoms with Gasteiger partial charge in [-0.3, -0.25) is 4.79 Å². The smallest absolute Gasteiger partial charge is 0.216 e. The number of nitrogens with one attached hydrogen (secondary N) is 2. The van der Waals surface area contributed by atoms with Crippen molar-refractivity contribution in [3.8, 4) is 0 Å². The molecule has 1 aromatic rings. The van der Waals surface area contributed by atoms with E-state index in [1.165, 1.54) is 5.56 Å². The van der Waals surface area contributed by atoms with Gasteiger partial charge in [-0.05, 0) is 38.3 Å². The number of carbonyl (C=O) groups excluding carboxylic acids is 1. The Morgan fingerprint density at radius 1 is 1.29 bits per heavy atom. The van der Waals surface area contributed by atoms with E-state index in [0.717, 1.165) is 25.7 Å². The molecule has 2 rings (SSSR count). The molecule has 0 aromatic heterocycles. The highest BCUT2D eigenvalue weighted by Gasteiger charge is 2.37. The maximum atomic E-state index is 11.4. The lowest BCUT2D eigenvalue weighted by Crippen LogP contribution is -2.40. The molecule has 0 unspecified atom stereocenters. The molecule has 0 saturated heterocycles. The van der Waals surface area contributed by atoms with Crippen molar-refractivity contribution in [2.45, 2.75) is 50.2 Å². The lowest BCUT2D eigenvalue weighted by Gasteiger charge is -2.33. The molecule has 0 aliphatic heterocycles. The molecule has 116 valence electrons. The molecule has 3 N–H and O–H groups in total. The first-order valence-electron chi connectivity index (χ1n) is 7.73. The summed E-state index contributed by atoms with van der Waals surface area (Å²) in [6.07, 6.45) is 3.18. The van der Waals surface area contributed by atoms with Crippen LogP contribution < -0.4 is 10.6 Å². The van der Waals surface area contributed by atoms with E-state index in [1.807, 2.05) is 25.2 Å². The number of aliphatic hydroxyl groups is 1. The molecule has 0 radical (unpaired) electrons. The summed E-state index contributed by atoms with van der Waals surface area (Å²) in [6.45, 7) is 2.19.